The van der Waals surface area contributed by atoms with Gasteiger partial charge in [0.1, 0.15) is 5.82 Å². The predicted molar refractivity (Wildman–Crippen MR) is 96.5 cm³/mol. The second-order valence-electron chi connectivity index (χ2n) is 6.00. The molecule has 1 N–H and O–H groups in total. The van der Waals surface area contributed by atoms with Gasteiger partial charge in [-0.15, -0.1) is 0 Å². The molecule has 11 heteroatoms. The van der Waals surface area contributed by atoms with E-state index in [1.54, 1.807) is 13.8 Å². The highest BCUT2D eigenvalue weighted by Gasteiger charge is 2.32. The number of halogens is 1. The van der Waals surface area contributed by atoms with Crippen LogP contribution in [0.5, 0.6) is 0 Å². The first kappa shape index (κ1) is 21.8. The Labute approximate surface area is 162 Å². The number of sulfonamides is 1. The third kappa shape index (κ3) is 4.30. The zero-order valence-corrected chi connectivity index (χ0v) is 16.6. The third-order valence-electron chi connectivity index (χ3n) is 4.26. The summed E-state index contributed by atoms with van der Waals surface area (Å²) < 4.78 is 45.4. The van der Waals surface area contributed by atoms with Crippen LogP contribution in [0.1, 0.15) is 31.1 Å². The molecule has 3 amide bonds. The van der Waals surface area contributed by atoms with Gasteiger partial charge in [-0.1, -0.05) is 13.8 Å². The molecule has 154 valence electrons. The lowest BCUT2D eigenvalue weighted by molar-refractivity contribution is -0.136. The number of esters is 1. The van der Waals surface area contributed by atoms with E-state index in [0.717, 1.165) is 27.4 Å². The van der Waals surface area contributed by atoms with Crippen molar-refractivity contribution < 1.29 is 31.9 Å². The molecule has 1 heterocycles. The van der Waals surface area contributed by atoms with E-state index in [1.165, 1.54) is 6.92 Å². The Kier molecular flexibility index (Phi) is 6.73. The fourth-order valence-corrected chi connectivity index (χ4v) is 4.19. The van der Waals surface area contributed by atoms with Crippen molar-refractivity contribution in [2.75, 3.05) is 26.2 Å². The second-order valence-corrected chi connectivity index (χ2v) is 7.94. The molecule has 1 fully saturated rings. The topological polar surface area (TPSA) is 113 Å². The molecule has 0 radical (unpaired) electrons. The number of nitrogens with one attached hydrogen (secondary N) is 1. The molecule has 28 heavy (non-hydrogen) atoms. The van der Waals surface area contributed by atoms with Crippen molar-refractivity contribution in [3.8, 4) is 0 Å². The minimum atomic E-state index is -3.91. The van der Waals surface area contributed by atoms with Crippen LogP contribution in [0.4, 0.5) is 9.18 Å². The molecule has 2 rings (SSSR count). The summed E-state index contributed by atoms with van der Waals surface area (Å²) in [5, 5.41) is 2.44. The summed E-state index contributed by atoms with van der Waals surface area (Å²) in [4.78, 5) is 36.7. The maximum Gasteiger partial charge on any atom is 0.341 e. The van der Waals surface area contributed by atoms with Gasteiger partial charge < -0.3 is 10.1 Å². The summed E-state index contributed by atoms with van der Waals surface area (Å²) in [5.41, 5.74) is -0.612. The smallest absolute Gasteiger partial charge is 0.341 e. The van der Waals surface area contributed by atoms with Gasteiger partial charge in [-0.25, -0.2) is 22.4 Å². The SMILES string of the molecule is CCN(CC)S(=O)(=O)c1ccc(F)c(C(=O)O[C@H](C)C(=O)N2CCNC2=O)c1. The normalized spacial score (nSPS) is 15.5. The Morgan fingerprint density at radius 2 is 1.96 bits per heavy atom. The Balaban J connectivity index is 2.23. The van der Waals surface area contributed by atoms with Crippen LogP contribution >= 0.6 is 0 Å². The highest BCUT2D eigenvalue weighted by molar-refractivity contribution is 7.89. The average Bonchev–Trinajstić information content (AvgIpc) is 3.07. The predicted octanol–water partition coefficient (Wildman–Crippen LogP) is 0.953. The van der Waals surface area contributed by atoms with E-state index in [1.807, 2.05) is 0 Å². The molecular formula is C17H22FN3O6S. The molecule has 1 aromatic carbocycles. The Bertz CT molecular complexity index is 885. The molecule has 0 aromatic heterocycles. The number of carbonyl (C=O) groups excluding carboxylic acids is 3. The lowest BCUT2D eigenvalue weighted by Gasteiger charge is -2.20. The van der Waals surface area contributed by atoms with Gasteiger partial charge in [0.2, 0.25) is 10.0 Å². The molecule has 0 aliphatic carbocycles. The third-order valence-corrected chi connectivity index (χ3v) is 6.30. The fraction of sp³-hybridized carbons (Fsp3) is 0.471. The second kappa shape index (κ2) is 8.65. The van der Waals surface area contributed by atoms with Crippen molar-refractivity contribution in [3.05, 3.63) is 29.6 Å². The molecule has 0 saturated carbocycles. The van der Waals surface area contributed by atoms with Crippen LogP contribution in [-0.2, 0) is 19.6 Å². The van der Waals surface area contributed by atoms with E-state index < -0.39 is 45.4 Å². The van der Waals surface area contributed by atoms with Crippen LogP contribution in [0.25, 0.3) is 0 Å². The van der Waals surface area contributed by atoms with E-state index in [4.69, 9.17) is 4.74 Å². The van der Waals surface area contributed by atoms with Gasteiger partial charge in [-0.2, -0.15) is 4.31 Å². The van der Waals surface area contributed by atoms with E-state index in [2.05, 4.69) is 5.32 Å². The summed E-state index contributed by atoms with van der Waals surface area (Å²) in [5.74, 6) is -2.94. The van der Waals surface area contributed by atoms with Gasteiger partial charge >= 0.3 is 12.0 Å². The molecular weight excluding hydrogens is 393 g/mol. The maximum absolute atomic E-state index is 14.1. The summed E-state index contributed by atoms with van der Waals surface area (Å²) in [6.45, 7) is 5.39. The number of rotatable bonds is 7. The first-order valence-electron chi connectivity index (χ1n) is 8.73. The van der Waals surface area contributed by atoms with Gasteiger partial charge in [0.05, 0.1) is 10.5 Å². The molecule has 9 nitrogen and oxygen atoms in total. The minimum Gasteiger partial charge on any atom is -0.449 e. The number of imide groups is 1. The standard InChI is InChI=1S/C17H22FN3O6S/c1-4-20(5-2)28(25,26)12-6-7-14(18)13(10-12)16(23)27-11(3)15(22)21-9-8-19-17(21)24/h6-7,10-11H,4-5,8-9H2,1-3H3,(H,19,24)/t11-/m1/s1. The van der Waals surface area contributed by atoms with E-state index in [9.17, 15) is 27.2 Å². The van der Waals surface area contributed by atoms with Gasteiger partial charge in [-0.05, 0) is 25.1 Å². The van der Waals surface area contributed by atoms with Crippen molar-refractivity contribution in [1.82, 2.24) is 14.5 Å². The van der Waals surface area contributed by atoms with E-state index in [-0.39, 0.29) is 31.1 Å². The largest absolute Gasteiger partial charge is 0.449 e. The lowest BCUT2D eigenvalue weighted by Crippen LogP contribution is -2.41. The number of urea groups is 1. The van der Waals surface area contributed by atoms with Crippen molar-refractivity contribution in [2.45, 2.75) is 31.8 Å². The summed E-state index contributed by atoms with van der Waals surface area (Å²) in [7, 11) is -3.91. The quantitative estimate of drug-likeness (QED) is 0.664. The Morgan fingerprint density at radius 3 is 2.50 bits per heavy atom. The molecule has 1 aromatic rings. The van der Waals surface area contributed by atoms with Crippen LogP contribution < -0.4 is 5.32 Å². The summed E-state index contributed by atoms with van der Waals surface area (Å²) >= 11 is 0. The molecule has 0 unspecified atom stereocenters. The van der Waals surface area contributed by atoms with Crippen molar-refractivity contribution in [1.29, 1.82) is 0 Å². The molecule has 0 spiro atoms. The van der Waals surface area contributed by atoms with Crippen molar-refractivity contribution in [3.63, 3.8) is 0 Å². The van der Waals surface area contributed by atoms with Gasteiger partial charge in [0.15, 0.2) is 6.10 Å². The molecule has 0 bridgehead atoms. The molecule has 1 aliphatic heterocycles. The number of benzene rings is 1. The first-order valence-corrected chi connectivity index (χ1v) is 10.2. The van der Waals surface area contributed by atoms with Crippen molar-refractivity contribution >= 4 is 27.9 Å². The number of hydrogen-bond donors (Lipinski definition) is 1. The number of amides is 3. The summed E-state index contributed by atoms with van der Waals surface area (Å²) in [6, 6.07) is 2.19. The van der Waals surface area contributed by atoms with Crippen LogP contribution in [0, 0.1) is 5.82 Å². The molecule has 1 aliphatic rings. The zero-order chi connectivity index (χ0) is 21.1. The fourth-order valence-electron chi connectivity index (χ4n) is 2.71. The minimum absolute atomic E-state index is 0.130. The van der Waals surface area contributed by atoms with Crippen molar-refractivity contribution in [2.24, 2.45) is 0 Å². The molecule has 1 saturated heterocycles. The average molecular weight is 415 g/mol. The number of nitrogens with zero attached hydrogens (tertiary/aromatic N) is 2. The Morgan fingerprint density at radius 1 is 1.32 bits per heavy atom. The van der Waals surface area contributed by atoms with Crippen LogP contribution in [0.15, 0.2) is 23.1 Å². The van der Waals surface area contributed by atoms with E-state index in [0.29, 0.717) is 0 Å². The zero-order valence-electron chi connectivity index (χ0n) is 15.8. The van der Waals surface area contributed by atoms with Crippen LogP contribution in [0.2, 0.25) is 0 Å². The maximum atomic E-state index is 14.1. The van der Waals surface area contributed by atoms with Gasteiger partial charge in [0.25, 0.3) is 5.91 Å². The van der Waals surface area contributed by atoms with Gasteiger partial charge in [0, 0.05) is 26.2 Å². The Hall–Kier alpha value is -2.53. The number of carbonyl (C=O) groups is 3. The lowest BCUT2D eigenvalue weighted by atomic mass is 10.2. The van der Waals surface area contributed by atoms with Crippen LogP contribution in [0.3, 0.4) is 0 Å². The number of ether oxygens (including phenoxy) is 1. The first-order chi connectivity index (χ1) is 13.1. The van der Waals surface area contributed by atoms with Crippen LogP contribution in [-0.4, -0.2) is 67.8 Å². The highest BCUT2D eigenvalue weighted by Crippen LogP contribution is 2.20. The monoisotopic (exact) mass is 415 g/mol. The number of hydrogen-bond acceptors (Lipinski definition) is 6. The summed E-state index contributed by atoms with van der Waals surface area (Å²) in [6.07, 6.45) is -1.35. The van der Waals surface area contributed by atoms with E-state index >= 15 is 0 Å². The highest BCUT2D eigenvalue weighted by atomic mass is 32.2. The van der Waals surface area contributed by atoms with Gasteiger partial charge in [-0.3, -0.25) is 9.69 Å². The molecule has 1 atom stereocenters.